The number of H-pyrrole nitrogens is 1. The van der Waals surface area contributed by atoms with Crippen molar-refractivity contribution < 1.29 is 4.79 Å². The van der Waals surface area contributed by atoms with Crippen molar-refractivity contribution in [3.63, 3.8) is 0 Å². The van der Waals surface area contributed by atoms with E-state index in [0.717, 1.165) is 24.3 Å². The van der Waals surface area contributed by atoms with Crippen molar-refractivity contribution in [3.8, 4) is 11.4 Å². The van der Waals surface area contributed by atoms with Gasteiger partial charge in [-0.2, -0.15) is 5.21 Å². The van der Waals surface area contributed by atoms with Crippen molar-refractivity contribution in [2.75, 3.05) is 18.4 Å². The second-order valence-corrected chi connectivity index (χ2v) is 5.05. The Bertz CT molecular complexity index is 597. The molecule has 3 rings (SSSR count). The van der Waals surface area contributed by atoms with Gasteiger partial charge in [0.2, 0.25) is 11.7 Å². The number of amides is 1. The molecule has 0 aliphatic carbocycles. The zero-order valence-electron chi connectivity index (χ0n) is 11.1. The van der Waals surface area contributed by atoms with Gasteiger partial charge in [-0.1, -0.05) is 19.1 Å². The Hall–Kier alpha value is -2.28. The molecule has 2 atom stereocenters. The third kappa shape index (κ3) is 2.53. The summed E-state index contributed by atoms with van der Waals surface area (Å²) in [6.45, 7) is 3.71. The second-order valence-electron chi connectivity index (χ2n) is 5.05. The van der Waals surface area contributed by atoms with E-state index in [9.17, 15) is 4.79 Å². The largest absolute Gasteiger partial charge is 0.326 e. The highest BCUT2D eigenvalue weighted by Crippen LogP contribution is 2.21. The molecule has 104 valence electrons. The Kier molecular flexibility index (Phi) is 3.42. The molecule has 1 fully saturated rings. The van der Waals surface area contributed by atoms with Crippen LogP contribution in [0.3, 0.4) is 0 Å². The van der Waals surface area contributed by atoms with E-state index in [-0.39, 0.29) is 11.8 Å². The van der Waals surface area contributed by atoms with Crippen molar-refractivity contribution in [2.24, 2.45) is 11.8 Å². The average Bonchev–Trinajstić information content (AvgIpc) is 3.09. The molecule has 0 bridgehead atoms. The minimum Gasteiger partial charge on any atom is -0.326 e. The summed E-state index contributed by atoms with van der Waals surface area (Å²) in [5.41, 5.74) is 1.56. The molecule has 1 aromatic carbocycles. The van der Waals surface area contributed by atoms with Gasteiger partial charge >= 0.3 is 0 Å². The van der Waals surface area contributed by atoms with Gasteiger partial charge in [-0.3, -0.25) is 4.79 Å². The molecule has 0 radical (unpaired) electrons. The third-order valence-electron chi connectivity index (χ3n) is 3.59. The Morgan fingerprint density at radius 1 is 1.40 bits per heavy atom. The molecular weight excluding hydrogens is 256 g/mol. The molecule has 0 spiro atoms. The van der Waals surface area contributed by atoms with Gasteiger partial charge < -0.3 is 10.6 Å². The second kappa shape index (κ2) is 5.38. The minimum atomic E-state index is 0.0174. The number of tetrazole rings is 1. The van der Waals surface area contributed by atoms with Crippen LogP contribution in [0.4, 0.5) is 5.69 Å². The fraction of sp³-hybridized carbons (Fsp3) is 0.385. The maximum Gasteiger partial charge on any atom is 0.229 e. The molecule has 7 nitrogen and oxygen atoms in total. The number of aromatic amines is 1. The molecule has 2 heterocycles. The van der Waals surface area contributed by atoms with Crippen LogP contribution in [0.15, 0.2) is 24.3 Å². The van der Waals surface area contributed by atoms with Crippen LogP contribution >= 0.6 is 0 Å². The molecule has 20 heavy (non-hydrogen) atoms. The van der Waals surface area contributed by atoms with E-state index in [1.807, 2.05) is 24.3 Å². The molecule has 0 saturated carbocycles. The highest BCUT2D eigenvalue weighted by atomic mass is 16.1. The maximum absolute atomic E-state index is 12.2. The summed E-state index contributed by atoms with van der Waals surface area (Å²) in [5.74, 6) is 0.934. The summed E-state index contributed by atoms with van der Waals surface area (Å²) in [4.78, 5) is 12.2. The van der Waals surface area contributed by atoms with Crippen molar-refractivity contribution >= 4 is 11.6 Å². The Labute approximate surface area is 116 Å². The molecule has 7 heteroatoms. The Morgan fingerprint density at radius 2 is 2.30 bits per heavy atom. The molecule has 1 aliphatic rings. The van der Waals surface area contributed by atoms with Crippen LogP contribution in [-0.4, -0.2) is 39.6 Å². The van der Waals surface area contributed by atoms with E-state index < -0.39 is 0 Å². The standard InChI is InChI=1S/C13H16N6O/c1-8-6-14-7-11(8)13(20)15-10-4-2-3-9(5-10)12-16-18-19-17-12/h2-5,8,11,14H,6-7H2,1H3,(H,15,20)(H,16,17,18,19)/t8-,11-/m1/s1. The lowest BCUT2D eigenvalue weighted by Crippen LogP contribution is -2.27. The molecule has 1 aromatic heterocycles. The van der Waals surface area contributed by atoms with E-state index in [1.165, 1.54) is 0 Å². The Balaban J connectivity index is 1.74. The van der Waals surface area contributed by atoms with Crippen LogP contribution < -0.4 is 10.6 Å². The van der Waals surface area contributed by atoms with Crippen LogP contribution in [0.1, 0.15) is 6.92 Å². The fourth-order valence-electron chi connectivity index (χ4n) is 2.42. The Morgan fingerprint density at radius 3 is 3.00 bits per heavy atom. The molecular formula is C13H16N6O. The zero-order valence-corrected chi connectivity index (χ0v) is 11.1. The van der Waals surface area contributed by atoms with Gasteiger partial charge in [-0.05, 0) is 29.8 Å². The zero-order chi connectivity index (χ0) is 13.9. The molecule has 2 aromatic rings. The average molecular weight is 272 g/mol. The summed E-state index contributed by atoms with van der Waals surface area (Å²) < 4.78 is 0. The monoisotopic (exact) mass is 272 g/mol. The van der Waals surface area contributed by atoms with Crippen LogP contribution in [0.25, 0.3) is 11.4 Å². The van der Waals surface area contributed by atoms with Crippen molar-refractivity contribution in [1.82, 2.24) is 25.9 Å². The maximum atomic E-state index is 12.2. The first kappa shape index (κ1) is 12.7. The normalized spacial score (nSPS) is 21.9. The van der Waals surface area contributed by atoms with E-state index in [2.05, 4.69) is 38.2 Å². The van der Waals surface area contributed by atoms with Crippen molar-refractivity contribution in [1.29, 1.82) is 0 Å². The van der Waals surface area contributed by atoms with Gasteiger partial charge in [-0.25, -0.2) is 0 Å². The van der Waals surface area contributed by atoms with E-state index in [4.69, 9.17) is 0 Å². The van der Waals surface area contributed by atoms with Crippen LogP contribution in [0.2, 0.25) is 0 Å². The SMILES string of the molecule is C[C@@H]1CNC[C@H]1C(=O)Nc1cccc(-c2nn[nH]n2)c1. The first-order valence-corrected chi connectivity index (χ1v) is 6.59. The van der Waals surface area contributed by atoms with Gasteiger partial charge in [0.15, 0.2) is 0 Å². The topological polar surface area (TPSA) is 95.6 Å². The highest BCUT2D eigenvalue weighted by molar-refractivity contribution is 5.93. The molecule has 1 amide bonds. The summed E-state index contributed by atoms with van der Waals surface area (Å²) >= 11 is 0. The number of carbonyl (C=O) groups excluding carboxylic acids is 1. The molecule has 0 unspecified atom stereocenters. The van der Waals surface area contributed by atoms with Crippen molar-refractivity contribution in [2.45, 2.75) is 6.92 Å². The first-order chi connectivity index (χ1) is 9.74. The number of aromatic nitrogens is 4. The van der Waals surface area contributed by atoms with Gasteiger partial charge in [-0.15, -0.1) is 10.2 Å². The molecule has 1 aliphatic heterocycles. The smallest absolute Gasteiger partial charge is 0.229 e. The van der Waals surface area contributed by atoms with E-state index >= 15 is 0 Å². The number of nitrogens with one attached hydrogen (secondary N) is 3. The fourth-order valence-corrected chi connectivity index (χ4v) is 2.42. The lowest BCUT2D eigenvalue weighted by Gasteiger charge is -2.14. The van der Waals surface area contributed by atoms with E-state index in [0.29, 0.717) is 11.7 Å². The first-order valence-electron chi connectivity index (χ1n) is 6.59. The highest BCUT2D eigenvalue weighted by Gasteiger charge is 2.29. The van der Waals surface area contributed by atoms with Crippen molar-refractivity contribution in [3.05, 3.63) is 24.3 Å². The van der Waals surface area contributed by atoms with Crippen LogP contribution in [0, 0.1) is 11.8 Å². The predicted molar refractivity (Wildman–Crippen MR) is 73.8 cm³/mol. The summed E-state index contributed by atoms with van der Waals surface area (Å²) in [6, 6.07) is 7.43. The number of hydrogen-bond donors (Lipinski definition) is 3. The minimum absolute atomic E-state index is 0.0174. The number of hydrogen-bond acceptors (Lipinski definition) is 5. The number of carbonyl (C=O) groups is 1. The quantitative estimate of drug-likeness (QED) is 0.763. The van der Waals surface area contributed by atoms with E-state index in [1.54, 1.807) is 0 Å². The van der Waals surface area contributed by atoms with Crippen LogP contribution in [0.5, 0.6) is 0 Å². The number of benzene rings is 1. The number of rotatable bonds is 3. The molecule has 1 saturated heterocycles. The molecule has 3 N–H and O–H groups in total. The third-order valence-corrected chi connectivity index (χ3v) is 3.59. The lowest BCUT2D eigenvalue weighted by molar-refractivity contribution is -0.120. The van der Waals surface area contributed by atoms with Gasteiger partial charge in [0.25, 0.3) is 0 Å². The van der Waals surface area contributed by atoms with Crippen LogP contribution in [-0.2, 0) is 4.79 Å². The summed E-state index contributed by atoms with van der Waals surface area (Å²) in [7, 11) is 0. The van der Waals surface area contributed by atoms with Gasteiger partial charge in [0, 0.05) is 17.8 Å². The summed E-state index contributed by atoms with van der Waals surface area (Å²) in [5, 5.41) is 20.0. The lowest BCUT2D eigenvalue weighted by atomic mass is 9.97. The number of anilines is 1. The predicted octanol–water partition coefficient (Wildman–Crippen LogP) is 0.661. The van der Waals surface area contributed by atoms with Gasteiger partial charge in [0.1, 0.15) is 0 Å². The number of nitrogens with zero attached hydrogens (tertiary/aromatic N) is 3. The summed E-state index contributed by atoms with van der Waals surface area (Å²) in [6.07, 6.45) is 0. The van der Waals surface area contributed by atoms with Gasteiger partial charge in [0.05, 0.1) is 5.92 Å².